The van der Waals surface area contributed by atoms with Gasteiger partial charge in [0, 0.05) is 22.6 Å². The van der Waals surface area contributed by atoms with Crippen molar-refractivity contribution in [1.82, 2.24) is 0 Å². The zero-order chi connectivity index (χ0) is 16.4. The fraction of sp³-hybridized carbons (Fsp3) is 0.158. The number of hydrogen-bond acceptors (Lipinski definition) is 4. The Kier molecular flexibility index (Phi) is 3.98. The van der Waals surface area contributed by atoms with Crippen LogP contribution in [0.1, 0.15) is 27.0 Å². The first-order valence-electron chi connectivity index (χ1n) is 7.29. The minimum atomic E-state index is -0.388. The van der Waals surface area contributed by atoms with E-state index in [0.29, 0.717) is 16.9 Å². The van der Waals surface area contributed by atoms with Gasteiger partial charge in [0.15, 0.2) is 0 Å². The third-order valence-corrected chi connectivity index (χ3v) is 3.93. The molecule has 0 saturated heterocycles. The lowest BCUT2D eigenvalue weighted by molar-refractivity contribution is 0.112. The summed E-state index contributed by atoms with van der Waals surface area (Å²) in [4.78, 5) is 22.5. The predicted octanol–water partition coefficient (Wildman–Crippen LogP) is 3.80. The molecule has 0 fully saturated rings. The number of aryl methyl sites for hydroxylation is 2. The number of benzene rings is 2. The van der Waals surface area contributed by atoms with Gasteiger partial charge in [-0.1, -0.05) is 12.1 Å². The van der Waals surface area contributed by atoms with E-state index in [1.807, 2.05) is 26.0 Å². The molecule has 0 amide bonds. The smallest absolute Gasteiger partial charge is 0.336 e. The van der Waals surface area contributed by atoms with Gasteiger partial charge < -0.3 is 9.15 Å². The van der Waals surface area contributed by atoms with Crippen LogP contribution in [0, 0.1) is 13.8 Å². The van der Waals surface area contributed by atoms with Crippen molar-refractivity contribution in [3.05, 3.63) is 75.1 Å². The van der Waals surface area contributed by atoms with Crippen LogP contribution >= 0.6 is 0 Å². The van der Waals surface area contributed by atoms with Gasteiger partial charge in [-0.2, -0.15) is 0 Å². The van der Waals surface area contributed by atoms with Crippen LogP contribution in [-0.4, -0.2) is 6.29 Å². The lowest BCUT2D eigenvalue weighted by atomic mass is 10.0. The molecule has 2 aromatic carbocycles. The van der Waals surface area contributed by atoms with Crippen molar-refractivity contribution in [2.45, 2.75) is 20.5 Å². The van der Waals surface area contributed by atoms with Gasteiger partial charge in [0.05, 0.1) is 0 Å². The van der Waals surface area contributed by atoms with Crippen molar-refractivity contribution in [2.24, 2.45) is 0 Å². The fourth-order valence-corrected chi connectivity index (χ4v) is 2.45. The van der Waals surface area contributed by atoms with E-state index in [4.69, 9.17) is 9.15 Å². The van der Waals surface area contributed by atoms with E-state index >= 15 is 0 Å². The van der Waals surface area contributed by atoms with E-state index in [1.54, 1.807) is 24.3 Å². The second-order valence-electron chi connectivity index (χ2n) is 5.45. The monoisotopic (exact) mass is 308 g/mol. The SMILES string of the molecule is Cc1ccc2c(COc3ccc(C=O)cc3)cc(=O)oc2c1C. The summed E-state index contributed by atoms with van der Waals surface area (Å²) >= 11 is 0. The minimum Gasteiger partial charge on any atom is -0.489 e. The van der Waals surface area contributed by atoms with E-state index in [2.05, 4.69) is 0 Å². The van der Waals surface area contributed by atoms with Crippen molar-refractivity contribution >= 4 is 17.3 Å². The van der Waals surface area contributed by atoms with Gasteiger partial charge in [-0.25, -0.2) is 4.79 Å². The molecule has 0 aliphatic carbocycles. The van der Waals surface area contributed by atoms with Gasteiger partial charge >= 0.3 is 5.63 Å². The fourth-order valence-electron chi connectivity index (χ4n) is 2.45. The van der Waals surface area contributed by atoms with Gasteiger partial charge in [0.2, 0.25) is 0 Å². The molecule has 3 aromatic rings. The van der Waals surface area contributed by atoms with Gasteiger partial charge in [-0.05, 0) is 49.2 Å². The Morgan fingerprint density at radius 2 is 1.83 bits per heavy atom. The maximum Gasteiger partial charge on any atom is 0.336 e. The maximum atomic E-state index is 11.8. The number of carbonyl (C=O) groups excluding carboxylic acids is 1. The molecule has 0 unspecified atom stereocenters. The molecule has 1 heterocycles. The average Bonchev–Trinajstić information content (AvgIpc) is 2.57. The van der Waals surface area contributed by atoms with Crippen LogP contribution in [0.4, 0.5) is 0 Å². The highest BCUT2D eigenvalue weighted by molar-refractivity contribution is 5.83. The Morgan fingerprint density at radius 3 is 2.52 bits per heavy atom. The van der Waals surface area contributed by atoms with Gasteiger partial charge in [-0.15, -0.1) is 0 Å². The van der Waals surface area contributed by atoms with E-state index in [0.717, 1.165) is 28.4 Å². The molecule has 0 saturated carbocycles. The van der Waals surface area contributed by atoms with Crippen LogP contribution in [0.25, 0.3) is 11.0 Å². The summed E-state index contributed by atoms with van der Waals surface area (Å²) in [5.74, 6) is 0.640. The number of ether oxygens (including phenoxy) is 1. The molecular weight excluding hydrogens is 292 g/mol. The third kappa shape index (κ3) is 3.01. The predicted molar refractivity (Wildman–Crippen MR) is 88.1 cm³/mol. The van der Waals surface area contributed by atoms with E-state index in [9.17, 15) is 9.59 Å². The van der Waals surface area contributed by atoms with Crippen molar-refractivity contribution in [1.29, 1.82) is 0 Å². The summed E-state index contributed by atoms with van der Waals surface area (Å²) in [5, 5.41) is 0.872. The average molecular weight is 308 g/mol. The lowest BCUT2D eigenvalue weighted by Crippen LogP contribution is -2.05. The van der Waals surface area contributed by atoms with Crippen molar-refractivity contribution in [2.75, 3.05) is 0 Å². The zero-order valence-corrected chi connectivity index (χ0v) is 13.0. The normalized spacial score (nSPS) is 10.7. The maximum absolute atomic E-state index is 11.8. The molecule has 1 aromatic heterocycles. The second kappa shape index (κ2) is 6.08. The van der Waals surface area contributed by atoms with E-state index in [1.165, 1.54) is 6.07 Å². The Bertz CT molecular complexity index is 920. The van der Waals surface area contributed by atoms with Crippen LogP contribution < -0.4 is 10.4 Å². The number of hydrogen-bond donors (Lipinski definition) is 0. The minimum absolute atomic E-state index is 0.255. The Morgan fingerprint density at radius 1 is 1.09 bits per heavy atom. The molecule has 0 bridgehead atoms. The molecule has 0 aliphatic rings. The largest absolute Gasteiger partial charge is 0.489 e. The topological polar surface area (TPSA) is 56.5 Å². The quantitative estimate of drug-likeness (QED) is 0.543. The molecule has 23 heavy (non-hydrogen) atoms. The molecular formula is C19H16O4. The summed E-state index contributed by atoms with van der Waals surface area (Å²) in [6.45, 7) is 4.17. The summed E-state index contributed by atoms with van der Waals surface area (Å²) in [7, 11) is 0. The molecule has 116 valence electrons. The van der Waals surface area contributed by atoms with Crippen LogP contribution in [0.2, 0.25) is 0 Å². The second-order valence-corrected chi connectivity index (χ2v) is 5.45. The number of aldehydes is 1. The summed E-state index contributed by atoms with van der Waals surface area (Å²) in [5.41, 5.74) is 3.61. The van der Waals surface area contributed by atoms with Crippen molar-refractivity contribution in [3.63, 3.8) is 0 Å². The number of fused-ring (bicyclic) bond motifs is 1. The lowest BCUT2D eigenvalue weighted by Gasteiger charge is -2.10. The zero-order valence-electron chi connectivity index (χ0n) is 13.0. The molecule has 0 spiro atoms. The molecule has 3 rings (SSSR count). The molecule has 0 aliphatic heterocycles. The number of rotatable bonds is 4. The Hall–Kier alpha value is -2.88. The Labute approximate surface area is 133 Å². The first-order chi connectivity index (χ1) is 11.1. The van der Waals surface area contributed by atoms with Crippen LogP contribution in [-0.2, 0) is 6.61 Å². The van der Waals surface area contributed by atoms with Gasteiger partial charge in [0.1, 0.15) is 24.2 Å². The van der Waals surface area contributed by atoms with Crippen LogP contribution in [0.15, 0.2) is 51.7 Å². The highest BCUT2D eigenvalue weighted by Crippen LogP contribution is 2.24. The van der Waals surface area contributed by atoms with Gasteiger partial charge in [0.25, 0.3) is 0 Å². The summed E-state index contributed by atoms with van der Waals surface area (Å²) < 4.78 is 11.1. The van der Waals surface area contributed by atoms with Crippen molar-refractivity contribution in [3.8, 4) is 5.75 Å². The Balaban J connectivity index is 1.94. The molecule has 0 N–H and O–H groups in total. The molecule has 4 nitrogen and oxygen atoms in total. The molecule has 4 heteroatoms. The van der Waals surface area contributed by atoms with Crippen molar-refractivity contribution < 1.29 is 13.9 Å². The van der Waals surface area contributed by atoms with E-state index < -0.39 is 0 Å². The standard InChI is InChI=1S/C19H16O4/c1-12-3-8-17-15(9-18(21)23-19(17)13(12)2)11-22-16-6-4-14(10-20)5-7-16/h3-10H,11H2,1-2H3. The van der Waals surface area contributed by atoms with Gasteiger partial charge in [-0.3, -0.25) is 4.79 Å². The molecule has 0 radical (unpaired) electrons. The number of carbonyl (C=O) groups is 1. The van der Waals surface area contributed by atoms with E-state index in [-0.39, 0.29) is 12.2 Å². The molecule has 0 atom stereocenters. The summed E-state index contributed by atoms with van der Waals surface area (Å²) in [6, 6.07) is 12.2. The summed E-state index contributed by atoms with van der Waals surface area (Å²) in [6.07, 6.45) is 0.783. The first kappa shape index (κ1) is 15.0. The van der Waals surface area contributed by atoms with Crippen LogP contribution in [0.3, 0.4) is 0 Å². The van der Waals surface area contributed by atoms with Crippen LogP contribution in [0.5, 0.6) is 5.75 Å². The first-order valence-corrected chi connectivity index (χ1v) is 7.29. The third-order valence-electron chi connectivity index (χ3n) is 3.93. The highest BCUT2D eigenvalue weighted by Gasteiger charge is 2.10. The highest BCUT2D eigenvalue weighted by atomic mass is 16.5.